The summed E-state index contributed by atoms with van der Waals surface area (Å²) in [6.07, 6.45) is 0. The van der Waals surface area contributed by atoms with Gasteiger partial charge in [0.25, 0.3) is 5.91 Å². The van der Waals surface area contributed by atoms with Crippen LogP contribution in [0.15, 0.2) is 36.4 Å². The van der Waals surface area contributed by atoms with Crippen LogP contribution in [0, 0.1) is 12.7 Å². The number of aryl methyl sites for hydroxylation is 1. The van der Waals surface area contributed by atoms with Gasteiger partial charge in [0, 0.05) is 5.69 Å². The summed E-state index contributed by atoms with van der Waals surface area (Å²) in [5.74, 6) is -2.47. The zero-order valence-corrected chi connectivity index (χ0v) is 11.7. The fourth-order valence-electron chi connectivity index (χ4n) is 1.89. The van der Waals surface area contributed by atoms with Gasteiger partial charge >= 0.3 is 5.97 Å². The lowest BCUT2D eigenvalue weighted by atomic mass is 10.1. The van der Waals surface area contributed by atoms with E-state index in [0.717, 1.165) is 6.07 Å². The van der Waals surface area contributed by atoms with Crippen LogP contribution < -0.4 is 5.32 Å². The first-order chi connectivity index (χ1) is 9.90. The highest BCUT2D eigenvalue weighted by Crippen LogP contribution is 2.21. The lowest BCUT2D eigenvalue weighted by Gasteiger charge is -2.09. The van der Waals surface area contributed by atoms with Gasteiger partial charge in [0.05, 0.1) is 16.1 Å². The van der Waals surface area contributed by atoms with Crippen LogP contribution >= 0.6 is 11.6 Å². The van der Waals surface area contributed by atoms with E-state index in [9.17, 15) is 14.0 Å². The number of halogens is 2. The molecule has 0 aliphatic heterocycles. The number of carboxylic acid groups (broad SMARTS) is 1. The highest BCUT2D eigenvalue weighted by atomic mass is 35.5. The number of carbonyl (C=O) groups excluding carboxylic acids is 1. The van der Waals surface area contributed by atoms with Crippen LogP contribution in [0.2, 0.25) is 5.02 Å². The molecule has 0 radical (unpaired) electrons. The molecular weight excluding hydrogens is 297 g/mol. The summed E-state index contributed by atoms with van der Waals surface area (Å²) in [5.41, 5.74) is 0.734. The number of benzene rings is 2. The number of amides is 1. The summed E-state index contributed by atoms with van der Waals surface area (Å²) in [4.78, 5) is 22.9. The Morgan fingerprint density at radius 1 is 1.24 bits per heavy atom. The van der Waals surface area contributed by atoms with E-state index in [0.29, 0.717) is 11.3 Å². The Balaban J connectivity index is 2.28. The monoisotopic (exact) mass is 307 g/mol. The van der Waals surface area contributed by atoms with Crippen molar-refractivity contribution < 1.29 is 19.1 Å². The lowest BCUT2D eigenvalue weighted by Crippen LogP contribution is -2.14. The smallest absolute Gasteiger partial charge is 0.335 e. The molecule has 2 rings (SSSR count). The van der Waals surface area contributed by atoms with E-state index in [1.165, 1.54) is 30.3 Å². The second-order valence-corrected chi connectivity index (χ2v) is 4.79. The van der Waals surface area contributed by atoms with Gasteiger partial charge in [-0.1, -0.05) is 17.7 Å². The van der Waals surface area contributed by atoms with Gasteiger partial charge in [-0.05, 0) is 42.8 Å². The van der Waals surface area contributed by atoms with Crippen molar-refractivity contribution in [2.24, 2.45) is 0 Å². The quantitative estimate of drug-likeness (QED) is 0.907. The number of hydrogen-bond donors (Lipinski definition) is 2. The molecule has 0 unspecified atom stereocenters. The van der Waals surface area contributed by atoms with E-state index in [2.05, 4.69) is 5.32 Å². The molecule has 2 aromatic carbocycles. The molecule has 0 bridgehead atoms. The SMILES string of the molecule is Cc1cc(NC(=O)c2c(F)cccc2Cl)ccc1C(=O)O. The fraction of sp³-hybridized carbons (Fsp3) is 0.0667. The lowest BCUT2D eigenvalue weighted by molar-refractivity contribution is 0.0696. The van der Waals surface area contributed by atoms with Gasteiger partial charge < -0.3 is 10.4 Å². The maximum atomic E-state index is 13.6. The van der Waals surface area contributed by atoms with Crippen LogP contribution in [-0.2, 0) is 0 Å². The van der Waals surface area contributed by atoms with Crippen molar-refractivity contribution >= 4 is 29.2 Å². The Morgan fingerprint density at radius 3 is 2.52 bits per heavy atom. The number of carboxylic acids is 1. The maximum absolute atomic E-state index is 13.6. The van der Waals surface area contributed by atoms with Crippen molar-refractivity contribution in [3.05, 3.63) is 63.9 Å². The molecule has 21 heavy (non-hydrogen) atoms. The first-order valence-corrected chi connectivity index (χ1v) is 6.37. The predicted molar refractivity (Wildman–Crippen MR) is 77.5 cm³/mol. The van der Waals surface area contributed by atoms with Gasteiger partial charge in [0.2, 0.25) is 0 Å². The van der Waals surface area contributed by atoms with E-state index >= 15 is 0 Å². The molecule has 0 spiro atoms. The third kappa shape index (κ3) is 3.20. The first kappa shape index (κ1) is 15.0. The van der Waals surface area contributed by atoms with Gasteiger partial charge in [-0.3, -0.25) is 4.79 Å². The van der Waals surface area contributed by atoms with Crippen molar-refractivity contribution in [2.75, 3.05) is 5.32 Å². The third-order valence-electron chi connectivity index (χ3n) is 2.90. The summed E-state index contributed by atoms with van der Waals surface area (Å²) in [6.45, 7) is 1.61. The van der Waals surface area contributed by atoms with Crippen molar-refractivity contribution in [3.8, 4) is 0 Å². The fourth-order valence-corrected chi connectivity index (χ4v) is 2.14. The minimum Gasteiger partial charge on any atom is -0.478 e. The van der Waals surface area contributed by atoms with Gasteiger partial charge in [0.1, 0.15) is 5.82 Å². The molecular formula is C15H11ClFNO3. The average Bonchev–Trinajstić information content (AvgIpc) is 2.37. The molecule has 2 aromatic rings. The van der Waals surface area contributed by atoms with Crippen LogP contribution in [0.5, 0.6) is 0 Å². The Morgan fingerprint density at radius 2 is 1.95 bits per heavy atom. The summed E-state index contributed by atoms with van der Waals surface area (Å²) in [7, 11) is 0. The molecule has 0 heterocycles. The minimum absolute atomic E-state index is 0.00591. The molecule has 0 saturated carbocycles. The van der Waals surface area contributed by atoms with Crippen LogP contribution in [0.1, 0.15) is 26.3 Å². The largest absolute Gasteiger partial charge is 0.478 e. The molecule has 108 valence electrons. The number of anilines is 1. The third-order valence-corrected chi connectivity index (χ3v) is 3.22. The molecule has 0 aliphatic rings. The van der Waals surface area contributed by atoms with Crippen LogP contribution in [0.3, 0.4) is 0 Å². The van der Waals surface area contributed by atoms with Crippen molar-refractivity contribution in [2.45, 2.75) is 6.92 Å². The second-order valence-electron chi connectivity index (χ2n) is 4.39. The number of carbonyl (C=O) groups is 2. The van der Waals surface area contributed by atoms with E-state index in [1.807, 2.05) is 0 Å². The summed E-state index contributed by atoms with van der Waals surface area (Å²) in [6, 6.07) is 8.26. The molecule has 0 atom stereocenters. The Bertz CT molecular complexity index is 711. The molecule has 6 heteroatoms. The number of nitrogens with one attached hydrogen (secondary N) is 1. The number of hydrogen-bond acceptors (Lipinski definition) is 2. The summed E-state index contributed by atoms with van der Waals surface area (Å²) < 4.78 is 13.6. The van der Waals surface area contributed by atoms with Gasteiger partial charge in [-0.25, -0.2) is 9.18 Å². The highest BCUT2D eigenvalue weighted by Gasteiger charge is 2.16. The maximum Gasteiger partial charge on any atom is 0.335 e. The van der Waals surface area contributed by atoms with E-state index < -0.39 is 17.7 Å². The molecule has 2 N–H and O–H groups in total. The summed E-state index contributed by atoms with van der Waals surface area (Å²) >= 11 is 5.81. The summed E-state index contributed by atoms with van der Waals surface area (Å²) in [5, 5.41) is 11.4. The molecule has 1 amide bonds. The molecule has 0 aromatic heterocycles. The zero-order chi connectivity index (χ0) is 15.6. The molecule has 0 saturated heterocycles. The van der Waals surface area contributed by atoms with Gasteiger partial charge in [-0.2, -0.15) is 0 Å². The minimum atomic E-state index is -1.05. The van der Waals surface area contributed by atoms with E-state index in [-0.39, 0.29) is 16.1 Å². The Labute approximate surface area is 125 Å². The van der Waals surface area contributed by atoms with Crippen molar-refractivity contribution in [3.63, 3.8) is 0 Å². The highest BCUT2D eigenvalue weighted by molar-refractivity contribution is 6.34. The van der Waals surface area contributed by atoms with Gasteiger partial charge in [0.15, 0.2) is 0 Å². The van der Waals surface area contributed by atoms with Gasteiger partial charge in [-0.15, -0.1) is 0 Å². The Kier molecular flexibility index (Phi) is 4.23. The Hall–Kier alpha value is -2.40. The predicted octanol–water partition coefficient (Wildman–Crippen LogP) is 3.74. The standard InChI is InChI=1S/C15H11ClFNO3/c1-8-7-9(5-6-10(8)15(20)21)18-14(19)13-11(16)3-2-4-12(13)17/h2-7H,1H3,(H,18,19)(H,20,21). The van der Waals surface area contributed by atoms with E-state index in [1.54, 1.807) is 6.92 Å². The number of rotatable bonds is 3. The second kappa shape index (κ2) is 5.93. The van der Waals surface area contributed by atoms with Crippen LogP contribution in [0.25, 0.3) is 0 Å². The normalized spacial score (nSPS) is 10.2. The van der Waals surface area contributed by atoms with Crippen LogP contribution in [0.4, 0.5) is 10.1 Å². The zero-order valence-electron chi connectivity index (χ0n) is 11.0. The molecule has 0 aliphatic carbocycles. The van der Waals surface area contributed by atoms with Crippen LogP contribution in [-0.4, -0.2) is 17.0 Å². The van der Waals surface area contributed by atoms with Crippen molar-refractivity contribution in [1.82, 2.24) is 0 Å². The molecule has 4 nitrogen and oxygen atoms in total. The first-order valence-electron chi connectivity index (χ1n) is 5.99. The molecule has 0 fully saturated rings. The topological polar surface area (TPSA) is 66.4 Å². The van der Waals surface area contributed by atoms with E-state index in [4.69, 9.17) is 16.7 Å². The average molecular weight is 308 g/mol. The van der Waals surface area contributed by atoms with Crippen molar-refractivity contribution in [1.29, 1.82) is 0 Å². The number of aromatic carboxylic acids is 1.